The number of carbonyl (C=O) groups excluding carboxylic acids is 2. The van der Waals surface area contributed by atoms with Gasteiger partial charge in [-0.15, -0.1) is 0 Å². The average molecular weight is 353 g/mol. The second-order valence-corrected chi connectivity index (χ2v) is 6.82. The SMILES string of the molecule is CC(C)(C)OC(=O)N1CCC[C@](C)(C(=O)I)C1. The molecule has 1 rings (SSSR count). The lowest BCUT2D eigenvalue weighted by atomic mass is 9.83. The molecule has 98 valence electrons. The molecule has 1 fully saturated rings. The first-order chi connectivity index (χ1) is 7.64. The molecule has 0 saturated carbocycles. The second-order valence-electron chi connectivity index (χ2n) is 5.84. The van der Waals surface area contributed by atoms with E-state index in [9.17, 15) is 9.59 Å². The van der Waals surface area contributed by atoms with E-state index < -0.39 is 11.0 Å². The molecule has 1 aliphatic heterocycles. The first kappa shape index (κ1) is 14.7. The van der Waals surface area contributed by atoms with Crippen LogP contribution in [0.5, 0.6) is 0 Å². The van der Waals surface area contributed by atoms with Gasteiger partial charge in [0.15, 0.2) is 3.79 Å². The minimum Gasteiger partial charge on any atom is -0.444 e. The van der Waals surface area contributed by atoms with Crippen LogP contribution in [0.15, 0.2) is 0 Å². The first-order valence-corrected chi connectivity index (χ1v) is 6.90. The molecular weight excluding hydrogens is 333 g/mol. The molecule has 17 heavy (non-hydrogen) atoms. The van der Waals surface area contributed by atoms with E-state index in [0.29, 0.717) is 13.1 Å². The molecular formula is C12H20INO3. The van der Waals surface area contributed by atoms with Crippen molar-refractivity contribution >= 4 is 32.5 Å². The van der Waals surface area contributed by atoms with Crippen LogP contribution in [0.25, 0.3) is 0 Å². The number of piperidine rings is 1. The topological polar surface area (TPSA) is 46.6 Å². The molecule has 0 aromatic heterocycles. The standard InChI is InChI=1S/C12H20INO3/c1-11(2,3)17-10(16)14-7-5-6-12(4,8-14)9(13)15/h5-8H2,1-4H3/t12-/m0/s1. The maximum Gasteiger partial charge on any atom is 0.410 e. The van der Waals surface area contributed by atoms with Crippen LogP contribution in [0.3, 0.4) is 0 Å². The highest BCUT2D eigenvalue weighted by Gasteiger charge is 2.39. The van der Waals surface area contributed by atoms with Gasteiger partial charge in [-0.25, -0.2) is 4.79 Å². The zero-order valence-electron chi connectivity index (χ0n) is 10.9. The van der Waals surface area contributed by atoms with Gasteiger partial charge in [0.2, 0.25) is 0 Å². The summed E-state index contributed by atoms with van der Waals surface area (Å²) in [6.45, 7) is 8.59. The summed E-state index contributed by atoms with van der Waals surface area (Å²) in [6, 6.07) is 0. The summed E-state index contributed by atoms with van der Waals surface area (Å²) in [5.74, 6) is 0. The summed E-state index contributed by atoms with van der Waals surface area (Å²) in [7, 11) is 0. The number of rotatable bonds is 1. The summed E-state index contributed by atoms with van der Waals surface area (Å²) in [4.78, 5) is 25.1. The molecule has 0 unspecified atom stereocenters. The molecule has 0 radical (unpaired) electrons. The summed E-state index contributed by atoms with van der Waals surface area (Å²) in [6.07, 6.45) is 1.37. The summed E-state index contributed by atoms with van der Waals surface area (Å²) in [5.41, 5.74) is -0.908. The highest BCUT2D eigenvalue weighted by molar-refractivity contribution is 14.1. The zero-order chi connectivity index (χ0) is 13.3. The number of ether oxygens (including phenoxy) is 1. The van der Waals surface area contributed by atoms with Gasteiger partial charge in [0.25, 0.3) is 0 Å². The molecule has 1 atom stereocenters. The van der Waals surface area contributed by atoms with Crippen molar-refractivity contribution in [3.05, 3.63) is 0 Å². The Morgan fingerprint density at radius 2 is 1.94 bits per heavy atom. The normalized spacial score (nSPS) is 25.6. The Bertz CT molecular complexity index is 324. The predicted molar refractivity (Wildman–Crippen MR) is 74.2 cm³/mol. The number of hydrogen-bond acceptors (Lipinski definition) is 3. The van der Waals surface area contributed by atoms with Crippen LogP contribution < -0.4 is 0 Å². The molecule has 5 heteroatoms. The fourth-order valence-corrected chi connectivity index (χ4v) is 2.32. The van der Waals surface area contributed by atoms with E-state index in [0.717, 1.165) is 12.8 Å². The van der Waals surface area contributed by atoms with Gasteiger partial charge in [0, 0.05) is 35.7 Å². The average Bonchev–Trinajstić information content (AvgIpc) is 2.15. The Morgan fingerprint density at radius 3 is 2.41 bits per heavy atom. The smallest absolute Gasteiger partial charge is 0.410 e. The number of carbonyl (C=O) groups is 2. The van der Waals surface area contributed by atoms with E-state index in [4.69, 9.17) is 4.74 Å². The van der Waals surface area contributed by atoms with E-state index in [1.807, 2.05) is 50.3 Å². The Morgan fingerprint density at radius 1 is 1.35 bits per heavy atom. The largest absolute Gasteiger partial charge is 0.444 e. The fraction of sp³-hybridized carbons (Fsp3) is 0.833. The third kappa shape index (κ3) is 4.12. The molecule has 0 N–H and O–H groups in total. The number of nitrogens with zero attached hydrogens (tertiary/aromatic N) is 1. The molecule has 0 spiro atoms. The molecule has 1 heterocycles. The van der Waals surface area contributed by atoms with Crippen molar-refractivity contribution in [2.24, 2.45) is 5.41 Å². The Hall–Kier alpha value is -0.330. The van der Waals surface area contributed by atoms with Gasteiger partial charge in [-0.1, -0.05) is 6.92 Å². The van der Waals surface area contributed by atoms with Crippen molar-refractivity contribution in [3.8, 4) is 0 Å². The molecule has 1 amide bonds. The number of amides is 1. The third-order valence-corrected chi connectivity index (χ3v) is 4.12. The van der Waals surface area contributed by atoms with Gasteiger partial charge in [-0.05, 0) is 33.6 Å². The van der Waals surface area contributed by atoms with Crippen LogP contribution in [-0.4, -0.2) is 33.5 Å². The van der Waals surface area contributed by atoms with E-state index in [1.165, 1.54) is 0 Å². The predicted octanol–water partition coefficient (Wildman–Crippen LogP) is 2.99. The highest BCUT2D eigenvalue weighted by atomic mass is 127. The third-order valence-electron chi connectivity index (χ3n) is 2.82. The highest BCUT2D eigenvalue weighted by Crippen LogP contribution is 2.33. The first-order valence-electron chi connectivity index (χ1n) is 5.82. The summed E-state index contributed by atoms with van der Waals surface area (Å²) < 4.78 is 5.44. The van der Waals surface area contributed by atoms with Crippen LogP contribution in [0, 0.1) is 5.41 Å². The van der Waals surface area contributed by atoms with E-state index in [1.54, 1.807) is 4.90 Å². The maximum atomic E-state index is 11.9. The molecule has 0 aliphatic carbocycles. The van der Waals surface area contributed by atoms with Crippen molar-refractivity contribution in [1.29, 1.82) is 0 Å². The molecule has 0 aromatic carbocycles. The molecule has 0 bridgehead atoms. The fourth-order valence-electron chi connectivity index (χ4n) is 1.88. The summed E-state index contributed by atoms with van der Waals surface area (Å²) >= 11 is 1.82. The van der Waals surface area contributed by atoms with Gasteiger partial charge in [-0.2, -0.15) is 0 Å². The molecule has 0 aromatic rings. The molecule has 4 nitrogen and oxygen atoms in total. The number of hydrogen-bond donors (Lipinski definition) is 0. The van der Waals surface area contributed by atoms with Gasteiger partial charge < -0.3 is 9.64 Å². The Balaban J connectivity index is 2.67. The monoisotopic (exact) mass is 353 g/mol. The van der Waals surface area contributed by atoms with Crippen LogP contribution in [0.1, 0.15) is 40.5 Å². The van der Waals surface area contributed by atoms with Crippen molar-refractivity contribution in [1.82, 2.24) is 4.90 Å². The van der Waals surface area contributed by atoms with Gasteiger partial charge in [-0.3, -0.25) is 4.79 Å². The lowest BCUT2D eigenvalue weighted by Crippen LogP contribution is -2.48. The quantitative estimate of drug-likeness (QED) is 0.538. The Labute approximate surface area is 116 Å². The Kier molecular flexibility index (Phi) is 4.43. The van der Waals surface area contributed by atoms with Crippen LogP contribution in [0.4, 0.5) is 4.79 Å². The van der Waals surface area contributed by atoms with Crippen molar-refractivity contribution in [3.63, 3.8) is 0 Å². The summed E-state index contributed by atoms with van der Waals surface area (Å²) in [5, 5.41) is 0. The van der Waals surface area contributed by atoms with Crippen molar-refractivity contribution < 1.29 is 14.3 Å². The van der Waals surface area contributed by atoms with E-state index in [-0.39, 0.29) is 9.88 Å². The van der Waals surface area contributed by atoms with Crippen LogP contribution in [0.2, 0.25) is 0 Å². The van der Waals surface area contributed by atoms with Gasteiger partial charge in [0.1, 0.15) is 5.60 Å². The van der Waals surface area contributed by atoms with Gasteiger partial charge in [0.05, 0.1) is 5.41 Å². The van der Waals surface area contributed by atoms with Crippen LogP contribution >= 0.6 is 22.6 Å². The molecule has 1 saturated heterocycles. The van der Waals surface area contributed by atoms with Crippen molar-refractivity contribution in [2.45, 2.75) is 46.1 Å². The van der Waals surface area contributed by atoms with Crippen LogP contribution in [-0.2, 0) is 9.53 Å². The van der Waals surface area contributed by atoms with E-state index >= 15 is 0 Å². The zero-order valence-corrected chi connectivity index (χ0v) is 13.0. The number of halogens is 1. The lowest BCUT2D eigenvalue weighted by Gasteiger charge is -2.38. The lowest BCUT2D eigenvalue weighted by molar-refractivity contribution is -0.119. The number of likely N-dealkylation sites (tertiary alicyclic amines) is 1. The second kappa shape index (κ2) is 5.12. The van der Waals surface area contributed by atoms with Crippen molar-refractivity contribution in [2.75, 3.05) is 13.1 Å². The minimum absolute atomic E-state index is 0.114. The molecule has 1 aliphatic rings. The maximum absolute atomic E-state index is 11.9. The van der Waals surface area contributed by atoms with Gasteiger partial charge >= 0.3 is 6.09 Å². The minimum atomic E-state index is -0.487. The van der Waals surface area contributed by atoms with E-state index in [2.05, 4.69) is 0 Å².